The highest BCUT2D eigenvalue weighted by atomic mass is 16.7. The van der Waals surface area contributed by atoms with E-state index in [9.17, 15) is 19.8 Å². The fourth-order valence-electron chi connectivity index (χ4n) is 5.60. The Bertz CT molecular complexity index is 712. The van der Waals surface area contributed by atoms with Gasteiger partial charge in [-0.25, -0.2) is 0 Å². The lowest BCUT2D eigenvalue weighted by molar-refractivity contribution is -0.239. The number of ether oxygens (including phenoxy) is 4. The quantitative estimate of drug-likeness (QED) is 0.401. The molecule has 4 rings (SSSR count). The smallest absolute Gasteiger partial charge is 0.303 e. The number of aliphatic hydroxyl groups excluding tert-OH is 2. The maximum absolute atomic E-state index is 11.8. The Balaban J connectivity index is 1.88. The number of esters is 2. The van der Waals surface area contributed by atoms with Gasteiger partial charge < -0.3 is 29.2 Å². The van der Waals surface area contributed by atoms with Gasteiger partial charge in [0.15, 0.2) is 0 Å². The third-order valence-corrected chi connectivity index (χ3v) is 7.18. The monoisotopic (exact) mass is 382 g/mol. The van der Waals surface area contributed by atoms with Crippen molar-refractivity contribution >= 4 is 11.9 Å². The van der Waals surface area contributed by atoms with Gasteiger partial charge in [-0.1, -0.05) is 13.0 Å². The molecule has 2 aliphatic carbocycles. The molecule has 1 saturated carbocycles. The van der Waals surface area contributed by atoms with Gasteiger partial charge in [-0.2, -0.15) is 0 Å². The molecule has 1 spiro atoms. The summed E-state index contributed by atoms with van der Waals surface area (Å²) < 4.78 is 23.1. The highest BCUT2D eigenvalue weighted by Crippen LogP contribution is 2.72. The zero-order valence-corrected chi connectivity index (χ0v) is 15.9. The minimum atomic E-state index is -1.08. The van der Waals surface area contributed by atoms with Crippen molar-refractivity contribution in [2.24, 2.45) is 10.8 Å². The van der Waals surface area contributed by atoms with E-state index in [0.717, 1.165) is 5.57 Å². The predicted octanol–water partition coefficient (Wildman–Crippen LogP) is 0.0957. The third-order valence-electron chi connectivity index (χ3n) is 7.18. The molecule has 2 saturated heterocycles. The first-order valence-electron chi connectivity index (χ1n) is 9.23. The van der Waals surface area contributed by atoms with E-state index in [0.29, 0.717) is 6.61 Å². The molecule has 3 fully saturated rings. The van der Waals surface area contributed by atoms with Gasteiger partial charge in [-0.3, -0.25) is 9.59 Å². The molecule has 5 unspecified atom stereocenters. The van der Waals surface area contributed by atoms with E-state index in [2.05, 4.69) is 0 Å². The molecule has 0 aromatic rings. The van der Waals surface area contributed by atoms with Crippen LogP contribution in [0.15, 0.2) is 11.6 Å². The van der Waals surface area contributed by atoms with Crippen LogP contribution in [0.5, 0.6) is 0 Å². The molecular weight excluding hydrogens is 356 g/mol. The summed E-state index contributed by atoms with van der Waals surface area (Å²) in [6.07, 6.45) is -1.86. The van der Waals surface area contributed by atoms with Crippen molar-refractivity contribution in [3.05, 3.63) is 11.6 Å². The summed E-state index contributed by atoms with van der Waals surface area (Å²) in [5.41, 5.74) is -1.91. The molecular formula is C19H26O8. The van der Waals surface area contributed by atoms with E-state index >= 15 is 0 Å². The van der Waals surface area contributed by atoms with Gasteiger partial charge in [0, 0.05) is 19.3 Å². The molecule has 0 aromatic heterocycles. The van der Waals surface area contributed by atoms with Crippen LogP contribution in [0, 0.1) is 10.8 Å². The van der Waals surface area contributed by atoms with Gasteiger partial charge in [0.05, 0.1) is 24.2 Å². The molecule has 8 nitrogen and oxygen atoms in total. The van der Waals surface area contributed by atoms with Crippen LogP contribution >= 0.6 is 0 Å². The molecule has 2 N–H and O–H groups in total. The van der Waals surface area contributed by atoms with E-state index in [4.69, 9.17) is 18.9 Å². The van der Waals surface area contributed by atoms with Gasteiger partial charge in [-0.05, 0) is 18.9 Å². The molecule has 4 aliphatic rings. The lowest BCUT2D eigenvalue weighted by Gasteiger charge is -2.58. The van der Waals surface area contributed by atoms with Crippen molar-refractivity contribution in [3.63, 3.8) is 0 Å². The molecule has 27 heavy (non-hydrogen) atoms. The molecule has 2 heterocycles. The van der Waals surface area contributed by atoms with Crippen LogP contribution in [-0.2, 0) is 28.5 Å². The predicted molar refractivity (Wildman–Crippen MR) is 90.5 cm³/mol. The molecule has 8 atom stereocenters. The number of hydrogen-bond donors (Lipinski definition) is 2. The van der Waals surface area contributed by atoms with Crippen molar-refractivity contribution < 1.29 is 38.7 Å². The van der Waals surface area contributed by atoms with Crippen LogP contribution in [0.2, 0.25) is 0 Å². The Morgan fingerprint density at radius 3 is 2.52 bits per heavy atom. The molecule has 150 valence electrons. The number of rotatable bonds is 3. The number of carbonyl (C=O) groups is 2. The average molecular weight is 382 g/mol. The van der Waals surface area contributed by atoms with Crippen LogP contribution < -0.4 is 0 Å². The largest absolute Gasteiger partial charge is 0.465 e. The highest BCUT2D eigenvalue weighted by Gasteiger charge is 2.86. The second-order valence-electron chi connectivity index (χ2n) is 8.45. The number of fused-ring (bicyclic) bond motifs is 2. The first-order valence-corrected chi connectivity index (χ1v) is 9.23. The highest BCUT2D eigenvalue weighted by molar-refractivity contribution is 5.67. The van der Waals surface area contributed by atoms with E-state index in [1.165, 1.54) is 13.8 Å². The first kappa shape index (κ1) is 18.9. The lowest BCUT2D eigenvalue weighted by Crippen LogP contribution is -2.67. The SMILES string of the molecule is CC(=O)OCC12C[C@@H](O)C(C)=CC1OC1[C@H](O)[C@@H](OC(C)=O)C2(C)C12CO2. The number of epoxide rings is 1. The van der Waals surface area contributed by atoms with Crippen molar-refractivity contribution in [2.45, 2.75) is 70.2 Å². The minimum Gasteiger partial charge on any atom is -0.465 e. The Morgan fingerprint density at radius 1 is 1.30 bits per heavy atom. The topological polar surface area (TPSA) is 115 Å². The minimum absolute atomic E-state index is 0.0351. The van der Waals surface area contributed by atoms with Crippen LogP contribution in [0.3, 0.4) is 0 Å². The molecule has 8 heteroatoms. The Hall–Kier alpha value is -1.48. The summed E-state index contributed by atoms with van der Waals surface area (Å²) in [5, 5.41) is 21.6. The van der Waals surface area contributed by atoms with E-state index in [1.807, 2.05) is 19.9 Å². The average Bonchev–Trinajstić information content (AvgIpc) is 3.36. The number of hydrogen-bond acceptors (Lipinski definition) is 8. The van der Waals surface area contributed by atoms with E-state index < -0.39 is 58.9 Å². The van der Waals surface area contributed by atoms with E-state index in [1.54, 1.807) is 0 Å². The maximum atomic E-state index is 11.8. The van der Waals surface area contributed by atoms with Crippen LogP contribution in [0.1, 0.15) is 34.1 Å². The zero-order valence-electron chi connectivity index (χ0n) is 15.9. The van der Waals surface area contributed by atoms with Crippen LogP contribution in [-0.4, -0.2) is 71.5 Å². The summed E-state index contributed by atoms with van der Waals surface area (Å²) in [4.78, 5) is 23.4. The number of carbonyl (C=O) groups excluding carboxylic acids is 2. The first-order chi connectivity index (χ1) is 12.6. The van der Waals surface area contributed by atoms with Crippen LogP contribution in [0.25, 0.3) is 0 Å². The Labute approximate surface area is 157 Å². The fraction of sp³-hybridized carbons (Fsp3) is 0.789. The van der Waals surface area contributed by atoms with Crippen molar-refractivity contribution in [1.82, 2.24) is 0 Å². The molecule has 0 amide bonds. The molecule has 0 radical (unpaired) electrons. The molecule has 0 aromatic carbocycles. The normalized spacial score (nSPS) is 50.0. The summed E-state index contributed by atoms with van der Waals surface area (Å²) in [6, 6.07) is 0. The summed E-state index contributed by atoms with van der Waals surface area (Å²) in [7, 11) is 0. The van der Waals surface area contributed by atoms with E-state index in [-0.39, 0.29) is 13.0 Å². The second kappa shape index (κ2) is 5.76. The Kier molecular flexibility index (Phi) is 4.03. The summed E-state index contributed by atoms with van der Waals surface area (Å²) in [5.74, 6) is -0.978. The van der Waals surface area contributed by atoms with Gasteiger partial charge >= 0.3 is 11.9 Å². The fourth-order valence-corrected chi connectivity index (χ4v) is 5.60. The lowest BCUT2D eigenvalue weighted by atomic mass is 9.51. The third kappa shape index (κ3) is 2.24. The second-order valence-corrected chi connectivity index (χ2v) is 8.45. The van der Waals surface area contributed by atoms with Crippen molar-refractivity contribution in [3.8, 4) is 0 Å². The van der Waals surface area contributed by atoms with Gasteiger partial charge in [0.1, 0.15) is 30.5 Å². The summed E-state index contributed by atoms with van der Waals surface area (Å²) in [6.45, 7) is 6.61. The number of aliphatic hydroxyl groups is 2. The van der Waals surface area contributed by atoms with Crippen molar-refractivity contribution in [1.29, 1.82) is 0 Å². The van der Waals surface area contributed by atoms with Crippen LogP contribution in [0.4, 0.5) is 0 Å². The van der Waals surface area contributed by atoms with Gasteiger partial charge in [0.2, 0.25) is 0 Å². The summed E-state index contributed by atoms with van der Waals surface area (Å²) >= 11 is 0. The maximum Gasteiger partial charge on any atom is 0.303 e. The van der Waals surface area contributed by atoms with Gasteiger partial charge in [0.25, 0.3) is 0 Å². The molecule has 2 bridgehead atoms. The molecule has 2 aliphatic heterocycles. The zero-order chi connectivity index (χ0) is 19.8. The van der Waals surface area contributed by atoms with Gasteiger partial charge in [-0.15, -0.1) is 0 Å². The standard InChI is InChI=1S/C19H26O8/c1-9-5-13-18(6-12(9)22,7-24-10(2)20)17(4)15(26-11(3)21)14(23)16(27-13)19(17)8-25-19/h5,12-16,22-23H,6-8H2,1-4H3/t12-,13?,14-,15-,16?,17?,18?,19?/m1/s1. The Morgan fingerprint density at radius 2 is 1.96 bits per heavy atom. The van der Waals surface area contributed by atoms with Crippen molar-refractivity contribution in [2.75, 3.05) is 13.2 Å².